The van der Waals surface area contributed by atoms with E-state index >= 15 is 4.39 Å². The number of carbonyl (C=O) groups is 1. The minimum absolute atomic E-state index is 0.0129. The van der Waals surface area contributed by atoms with E-state index in [2.05, 4.69) is 91.7 Å². The van der Waals surface area contributed by atoms with Gasteiger partial charge in [0.2, 0.25) is 0 Å². The number of ether oxygens (including phenoxy) is 4. The molecular formula is C52H64ClFN6O6Si. The van der Waals surface area contributed by atoms with Crippen LogP contribution in [-0.2, 0) is 13.9 Å². The lowest BCUT2D eigenvalue weighted by Crippen LogP contribution is -2.66. The average molecular weight is 952 g/mol. The first-order valence-electron chi connectivity index (χ1n) is 23.9. The van der Waals surface area contributed by atoms with Crippen molar-refractivity contribution in [2.45, 2.75) is 127 Å². The number of nitrogens with zero attached hydrogens (tertiary/aromatic N) is 5. The van der Waals surface area contributed by atoms with Crippen LogP contribution in [0.15, 0.2) is 79.0 Å². The monoisotopic (exact) mass is 950 g/mol. The van der Waals surface area contributed by atoms with E-state index in [-0.39, 0.29) is 65.2 Å². The summed E-state index contributed by atoms with van der Waals surface area (Å²) in [5, 5.41) is 7.18. The Morgan fingerprint density at radius 3 is 2.13 bits per heavy atom. The predicted molar refractivity (Wildman–Crippen MR) is 263 cm³/mol. The number of benzene rings is 3. The fourth-order valence-electron chi connectivity index (χ4n) is 10.5. The smallest absolute Gasteiger partial charge is 0.410 e. The summed E-state index contributed by atoms with van der Waals surface area (Å²) >= 11 is 6.88. The van der Waals surface area contributed by atoms with E-state index in [1.54, 1.807) is 25.4 Å². The van der Waals surface area contributed by atoms with Crippen molar-refractivity contribution >= 4 is 53.1 Å². The second-order valence-electron chi connectivity index (χ2n) is 20.6. The highest BCUT2D eigenvalue weighted by Crippen LogP contribution is 2.50. The molecule has 5 aromatic rings. The molecule has 5 heterocycles. The number of hydrogen-bond acceptors (Lipinski definition) is 11. The van der Waals surface area contributed by atoms with Crippen molar-refractivity contribution < 1.29 is 32.6 Å². The zero-order valence-electron chi connectivity index (χ0n) is 39.8. The van der Waals surface area contributed by atoms with Crippen LogP contribution in [-0.4, -0.2) is 104 Å². The molecule has 3 saturated heterocycles. The van der Waals surface area contributed by atoms with Crippen LogP contribution < -0.4 is 30.1 Å². The number of pyridine rings is 1. The van der Waals surface area contributed by atoms with E-state index in [1.807, 2.05) is 25.7 Å². The van der Waals surface area contributed by atoms with E-state index in [0.29, 0.717) is 53.8 Å². The Morgan fingerprint density at radius 1 is 0.866 bits per heavy atom. The molecule has 0 spiro atoms. The van der Waals surface area contributed by atoms with Crippen LogP contribution in [0.25, 0.3) is 22.2 Å². The SMILES string of the molecule is COCOc1cc(Cl)c(C2CC2)c(-c2ncc3c(N4CC5CCC(C4)N5C(=O)OC(C)(C)C)nc(OC[C@@H]4CC[C@@H](CCO[Si](c5ccccc5)(c5ccccc5)C(C)(C)C)N4)nc3c2F)c1. The Morgan fingerprint density at radius 2 is 1.52 bits per heavy atom. The first-order valence-corrected chi connectivity index (χ1v) is 26.1. The second-order valence-corrected chi connectivity index (χ2v) is 25.3. The highest BCUT2D eigenvalue weighted by molar-refractivity contribution is 6.99. The molecule has 1 N–H and O–H groups in total. The summed E-state index contributed by atoms with van der Waals surface area (Å²) in [6, 6.07) is 25.2. The number of halogens is 2. The van der Waals surface area contributed by atoms with Gasteiger partial charge in [-0.3, -0.25) is 9.88 Å². The standard InChI is InChI=1S/C52H64ClFN6O6Si/c1-51(2,3)66-50(61)60-36-22-23-37(60)30-59(29-36)48-42-28-55-46(41-26-38(64-32-62-7)27-43(53)44(41)33-18-19-33)45(54)47(42)57-49(58-48)63-31-35-21-20-34(56-35)24-25-65-67(52(4,5)6,39-14-10-8-11-15-39)40-16-12-9-13-17-40/h8-17,26-28,33-37,56H,18-25,29-32H2,1-7H3/t34-,35-,36?,37?/m0/s1. The normalized spacial score (nSPS) is 21.0. The maximum Gasteiger partial charge on any atom is 0.410 e. The lowest BCUT2D eigenvalue weighted by molar-refractivity contribution is 0.0122. The van der Waals surface area contributed by atoms with Crippen LogP contribution in [0.3, 0.4) is 0 Å². The fraction of sp³-hybridized carbons (Fsp3) is 0.500. The average Bonchev–Trinajstić information content (AvgIpc) is 3.96. The van der Waals surface area contributed by atoms with Crippen molar-refractivity contribution in [1.29, 1.82) is 0 Å². The number of piperazine rings is 1. The minimum Gasteiger partial charge on any atom is -0.467 e. The highest BCUT2D eigenvalue weighted by Gasteiger charge is 2.50. The molecule has 4 atom stereocenters. The van der Waals surface area contributed by atoms with Crippen LogP contribution >= 0.6 is 11.6 Å². The summed E-state index contributed by atoms with van der Waals surface area (Å²) in [5.74, 6) is 0.574. The summed E-state index contributed by atoms with van der Waals surface area (Å²) in [5.41, 5.74) is 1.02. The lowest BCUT2D eigenvalue weighted by Gasteiger charge is -2.43. The molecule has 9 rings (SSSR count). The summed E-state index contributed by atoms with van der Waals surface area (Å²) in [6.07, 6.45) is 7.61. The number of nitrogens with one attached hydrogen (secondary N) is 1. The van der Waals surface area contributed by atoms with Gasteiger partial charge in [-0.15, -0.1) is 0 Å². The topological polar surface area (TPSA) is 120 Å². The van der Waals surface area contributed by atoms with Gasteiger partial charge in [-0.25, -0.2) is 9.18 Å². The quantitative estimate of drug-likeness (QED) is 0.0799. The Balaban J connectivity index is 0.973. The molecule has 3 aromatic carbocycles. The maximum atomic E-state index is 17.4. The van der Waals surface area contributed by atoms with E-state index in [1.165, 1.54) is 10.4 Å². The third kappa shape index (κ3) is 9.88. The minimum atomic E-state index is -2.66. The Bertz CT molecular complexity index is 2510. The van der Waals surface area contributed by atoms with Crippen LogP contribution in [0.2, 0.25) is 10.1 Å². The van der Waals surface area contributed by atoms with E-state index in [0.717, 1.165) is 50.5 Å². The van der Waals surface area contributed by atoms with Crippen molar-refractivity contribution in [3.05, 3.63) is 95.4 Å². The molecule has 1 saturated carbocycles. The molecule has 1 amide bonds. The summed E-state index contributed by atoms with van der Waals surface area (Å²) in [4.78, 5) is 32.0. The Kier molecular flexibility index (Phi) is 13.6. The number of hydrogen-bond donors (Lipinski definition) is 1. The molecule has 0 radical (unpaired) electrons. The molecule has 2 bridgehead atoms. The summed E-state index contributed by atoms with van der Waals surface area (Å²) in [6.45, 7) is 14.5. The van der Waals surface area contributed by atoms with Crippen molar-refractivity contribution in [1.82, 2.24) is 25.2 Å². The number of rotatable bonds is 15. The van der Waals surface area contributed by atoms with Crippen molar-refractivity contribution in [2.75, 3.05) is 45.1 Å². The lowest BCUT2D eigenvalue weighted by atomic mass is 9.98. The molecule has 4 fully saturated rings. The molecule has 4 aliphatic rings. The maximum absolute atomic E-state index is 17.4. The van der Waals surface area contributed by atoms with Gasteiger partial charge in [0, 0.05) is 55.7 Å². The summed E-state index contributed by atoms with van der Waals surface area (Å²) in [7, 11) is -1.12. The van der Waals surface area contributed by atoms with Gasteiger partial charge < -0.3 is 33.6 Å². The van der Waals surface area contributed by atoms with Crippen LogP contribution in [0.1, 0.15) is 98.0 Å². The molecule has 15 heteroatoms. The van der Waals surface area contributed by atoms with Gasteiger partial charge in [0.15, 0.2) is 12.6 Å². The molecular weight excluding hydrogens is 887 g/mol. The predicted octanol–water partition coefficient (Wildman–Crippen LogP) is 9.40. The number of carbonyl (C=O) groups excluding carboxylic acids is 1. The van der Waals surface area contributed by atoms with Gasteiger partial charge in [0.05, 0.1) is 17.5 Å². The number of anilines is 1. The largest absolute Gasteiger partial charge is 0.467 e. The van der Waals surface area contributed by atoms with Crippen LogP contribution in [0.4, 0.5) is 15.0 Å². The second kappa shape index (κ2) is 19.3. The molecule has 3 aliphatic heterocycles. The number of fused-ring (bicyclic) bond motifs is 3. The molecule has 356 valence electrons. The fourth-order valence-corrected chi connectivity index (χ4v) is 15.5. The first kappa shape index (κ1) is 47.2. The van der Waals surface area contributed by atoms with Gasteiger partial charge in [0.25, 0.3) is 8.32 Å². The molecule has 12 nitrogen and oxygen atoms in total. The van der Waals surface area contributed by atoms with E-state index in [4.69, 9.17) is 49.9 Å². The zero-order valence-corrected chi connectivity index (χ0v) is 41.6. The first-order chi connectivity index (χ1) is 32.1. The number of amides is 1. The van der Waals surface area contributed by atoms with Gasteiger partial charge in [0.1, 0.15) is 35.0 Å². The Hall–Kier alpha value is -4.86. The number of methoxy groups -OCH3 is 1. The molecule has 1 aliphatic carbocycles. The van der Waals surface area contributed by atoms with Crippen LogP contribution in [0.5, 0.6) is 11.8 Å². The van der Waals surface area contributed by atoms with Crippen LogP contribution in [0, 0.1) is 5.82 Å². The van der Waals surface area contributed by atoms with Gasteiger partial charge in [-0.1, -0.05) is 93.0 Å². The summed E-state index contributed by atoms with van der Waals surface area (Å²) < 4.78 is 47.9. The zero-order chi connectivity index (χ0) is 47.1. The van der Waals surface area contributed by atoms with Gasteiger partial charge in [-0.05, 0) is 105 Å². The highest BCUT2D eigenvalue weighted by atomic mass is 35.5. The molecule has 2 unspecified atom stereocenters. The van der Waals surface area contributed by atoms with E-state index < -0.39 is 19.7 Å². The van der Waals surface area contributed by atoms with E-state index in [9.17, 15) is 4.79 Å². The molecule has 2 aromatic heterocycles. The molecule has 67 heavy (non-hydrogen) atoms. The number of aromatic nitrogens is 3. The third-order valence-corrected chi connectivity index (χ3v) is 19.0. The Labute approximate surface area is 400 Å². The van der Waals surface area contributed by atoms with Crippen molar-refractivity contribution in [3.8, 4) is 23.0 Å². The van der Waals surface area contributed by atoms with Gasteiger partial charge in [-0.2, -0.15) is 9.97 Å². The third-order valence-electron chi connectivity index (χ3n) is 13.7. The van der Waals surface area contributed by atoms with Crippen molar-refractivity contribution in [3.63, 3.8) is 0 Å². The van der Waals surface area contributed by atoms with Crippen molar-refractivity contribution in [2.24, 2.45) is 0 Å². The van der Waals surface area contributed by atoms with Gasteiger partial charge >= 0.3 is 12.1 Å².